The quantitative estimate of drug-likeness (QED) is 0.285. The van der Waals surface area contributed by atoms with Gasteiger partial charge in [0, 0.05) is 24.1 Å². The lowest BCUT2D eigenvalue weighted by atomic mass is 10.2. The monoisotopic (exact) mass is 404 g/mol. The Morgan fingerprint density at radius 2 is 2.07 bits per heavy atom. The number of aryl methyl sites for hydroxylation is 1. The fourth-order valence-corrected chi connectivity index (χ4v) is 3.84. The van der Waals surface area contributed by atoms with E-state index in [0.717, 1.165) is 33.6 Å². The van der Waals surface area contributed by atoms with Gasteiger partial charge in [-0.1, -0.05) is 36.0 Å². The number of ether oxygens (including phenoxy) is 1. The molecule has 29 heavy (non-hydrogen) atoms. The van der Waals surface area contributed by atoms with Gasteiger partial charge < -0.3 is 9.15 Å². The summed E-state index contributed by atoms with van der Waals surface area (Å²) in [7, 11) is 0. The number of hydrogen-bond acceptors (Lipinski definition) is 6. The molecule has 6 nitrogen and oxygen atoms in total. The van der Waals surface area contributed by atoms with Gasteiger partial charge >= 0.3 is 0 Å². The summed E-state index contributed by atoms with van der Waals surface area (Å²) < 4.78 is 13.5. The first-order valence-electron chi connectivity index (χ1n) is 9.13. The number of hydrogen-bond donors (Lipinski definition) is 0. The number of thioether (sulfide) groups is 1. The van der Waals surface area contributed by atoms with Gasteiger partial charge in [0.15, 0.2) is 11.0 Å². The fourth-order valence-electron chi connectivity index (χ4n) is 2.90. The van der Waals surface area contributed by atoms with Crippen molar-refractivity contribution in [2.45, 2.75) is 24.4 Å². The lowest BCUT2D eigenvalue weighted by molar-refractivity contribution is 0.476. The van der Waals surface area contributed by atoms with Crippen molar-refractivity contribution in [2.24, 2.45) is 0 Å². The molecule has 0 N–H and O–H groups in total. The molecule has 0 saturated heterocycles. The Morgan fingerprint density at radius 3 is 2.83 bits per heavy atom. The Kier molecular flexibility index (Phi) is 5.76. The number of nitrogens with zero attached hydrogens (tertiary/aromatic N) is 4. The minimum Gasteiger partial charge on any atom is -0.469 e. The van der Waals surface area contributed by atoms with Crippen LogP contribution >= 0.6 is 11.8 Å². The molecule has 3 heterocycles. The molecule has 0 amide bonds. The van der Waals surface area contributed by atoms with E-state index in [0.29, 0.717) is 18.0 Å². The van der Waals surface area contributed by atoms with Gasteiger partial charge in [0.05, 0.1) is 18.0 Å². The zero-order valence-electron chi connectivity index (χ0n) is 16.0. The molecule has 0 aliphatic rings. The molecule has 0 fully saturated rings. The molecule has 0 bridgehead atoms. The van der Waals surface area contributed by atoms with Gasteiger partial charge in [0.1, 0.15) is 17.3 Å². The summed E-state index contributed by atoms with van der Waals surface area (Å²) in [5.41, 5.74) is 2.00. The highest BCUT2D eigenvalue weighted by molar-refractivity contribution is 7.98. The molecule has 1 aromatic carbocycles. The van der Waals surface area contributed by atoms with E-state index in [1.54, 1.807) is 30.4 Å². The third-order valence-electron chi connectivity index (χ3n) is 4.32. The second-order valence-electron chi connectivity index (χ2n) is 6.28. The summed E-state index contributed by atoms with van der Waals surface area (Å²) in [6.45, 7) is 6.40. The summed E-state index contributed by atoms with van der Waals surface area (Å²) in [5, 5.41) is 9.60. The van der Waals surface area contributed by atoms with Crippen molar-refractivity contribution in [3.05, 3.63) is 85.1 Å². The van der Waals surface area contributed by atoms with E-state index in [-0.39, 0.29) is 0 Å². The zero-order chi connectivity index (χ0) is 20.1. The minimum atomic E-state index is 0.614. The van der Waals surface area contributed by atoms with Crippen molar-refractivity contribution in [1.82, 2.24) is 19.7 Å². The predicted octanol–water partition coefficient (Wildman–Crippen LogP) is 5.51. The van der Waals surface area contributed by atoms with Crippen molar-refractivity contribution in [1.29, 1.82) is 0 Å². The van der Waals surface area contributed by atoms with Crippen molar-refractivity contribution in [3.63, 3.8) is 0 Å². The molecule has 0 unspecified atom stereocenters. The highest BCUT2D eigenvalue weighted by Gasteiger charge is 2.17. The van der Waals surface area contributed by atoms with Crippen LogP contribution in [0.2, 0.25) is 0 Å². The molecule has 4 aromatic rings. The molecule has 0 atom stereocenters. The van der Waals surface area contributed by atoms with Crippen LogP contribution in [-0.2, 0) is 12.3 Å². The molecule has 4 rings (SSSR count). The van der Waals surface area contributed by atoms with Crippen LogP contribution in [-0.4, -0.2) is 19.7 Å². The van der Waals surface area contributed by atoms with Gasteiger partial charge in [-0.2, -0.15) is 0 Å². The van der Waals surface area contributed by atoms with Gasteiger partial charge in [-0.3, -0.25) is 9.55 Å². The first-order chi connectivity index (χ1) is 14.3. The van der Waals surface area contributed by atoms with Gasteiger partial charge in [-0.05, 0) is 31.2 Å². The molecule has 146 valence electrons. The largest absolute Gasteiger partial charge is 0.469 e. The number of rotatable bonds is 8. The molecule has 3 aromatic heterocycles. The van der Waals surface area contributed by atoms with Crippen LogP contribution in [0.25, 0.3) is 11.4 Å². The molecule has 0 aliphatic heterocycles. The van der Waals surface area contributed by atoms with Crippen LogP contribution in [0.3, 0.4) is 0 Å². The molecular formula is C22H20N4O2S. The summed E-state index contributed by atoms with van der Waals surface area (Å²) in [6.07, 6.45) is 6.92. The molecule has 0 aliphatic carbocycles. The Hall–Kier alpha value is -3.32. The maximum absolute atomic E-state index is 6.01. The van der Waals surface area contributed by atoms with E-state index in [9.17, 15) is 0 Å². The number of allylic oxidation sites excluding steroid dienone is 1. The molecule has 0 spiro atoms. The van der Waals surface area contributed by atoms with Gasteiger partial charge in [0.25, 0.3) is 0 Å². The van der Waals surface area contributed by atoms with Crippen LogP contribution in [0.4, 0.5) is 0 Å². The number of para-hydroxylation sites is 1. The zero-order valence-corrected chi connectivity index (χ0v) is 16.8. The van der Waals surface area contributed by atoms with E-state index in [2.05, 4.69) is 21.8 Å². The first-order valence-corrected chi connectivity index (χ1v) is 10.1. The van der Waals surface area contributed by atoms with Gasteiger partial charge in [-0.25, -0.2) is 0 Å². The highest BCUT2D eigenvalue weighted by atomic mass is 32.2. The topological polar surface area (TPSA) is 66.0 Å². The Balaban J connectivity index is 1.56. The van der Waals surface area contributed by atoms with Crippen molar-refractivity contribution >= 4 is 11.8 Å². The maximum Gasteiger partial charge on any atom is 0.192 e. The second kappa shape index (κ2) is 8.79. The third-order valence-corrected chi connectivity index (χ3v) is 5.34. The Bertz CT molecular complexity index is 1100. The average molecular weight is 404 g/mol. The number of aromatic nitrogens is 4. The predicted molar refractivity (Wildman–Crippen MR) is 113 cm³/mol. The third kappa shape index (κ3) is 4.25. The summed E-state index contributed by atoms with van der Waals surface area (Å²) >= 11 is 1.60. The number of pyridine rings is 1. The summed E-state index contributed by atoms with van der Waals surface area (Å²) in [6, 6.07) is 13.6. The molecule has 7 heteroatoms. The van der Waals surface area contributed by atoms with Crippen molar-refractivity contribution in [2.75, 3.05) is 0 Å². The summed E-state index contributed by atoms with van der Waals surface area (Å²) in [5.74, 6) is 3.79. The highest BCUT2D eigenvalue weighted by Crippen LogP contribution is 2.32. The molecule has 0 saturated carbocycles. The lowest BCUT2D eigenvalue weighted by Gasteiger charge is -2.11. The molecular weight excluding hydrogens is 384 g/mol. The van der Waals surface area contributed by atoms with Crippen LogP contribution in [0, 0.1) is 6.92 Å². The SMILES string of the molecule is C=CCn1c(SCc2ccccc2Oc2cccnc2)nnc1-c1ccoc1C. The number of benzene rings is 1. The lowest BCUT2D eigenvalue weighted by Crippen LogP contribution is -2.01. The fraction of sp³-hybridized carbons (Fsp3) is 0.136. The van der Waals surface area contributed by atoms with Crippen LogP contribution in [0.5, 0.6) is 11.5 Å². The van der Waals surface area contributed by atoms with Gasteiger partial charge in [-0.15, -0.1) is 16.8 Å². The van der Waals surface area contributed by atoms with E-state index in [1.807, 2.05) is 60.0 Å². The maximum atomic E-state index is 6.01. The van der Waals surface area contributed by atoms with Crippen LogP contribution in [0.15, 0.2) is 83.3 Å². The van der Waals surface area contributed by atoms with Crippen molar-refractivity contribution in [3.8, 4) is 22.9 Å². The van der Waals surface area contributed by atoms with Crippen LogP contribution < -0.4 is 4.74 Å². The van der Waals surface area contributed by atoms with E-state index >= 15 is 0 Å². The summed E-state index contributed by atoms with van der Waals surface area (Å²) in [4.78, 5) is 4.10. The number of furan rings is 1. The van der Waals surface area contributed by atoms with Crippen LogP contribution in [0.1, 0.15) is 11.3 Å². The minimum absolute atomic E-state index is 0.614. The standard InChI is InChI=1S/C22H20N4O2S/c1-3-12-26-21(19-10-13-27-16(19)2)24-25-22(26)29-15-17-7-4-5-9-20(17)28-18-8-6-11-23-14-18/h3-11,13-14H,1,12,15H2,2H3. The van der Waals surface area contributed by atoms with Gasteiger partial charge in [0.2, 0.25) is 0 Å². The van der Waals surface area contributed by atoms with Crippen molar-refractivity contribution < 1.29 is 9.15 Å². The Morgan fingerprint density at radius 1 is 1.17 bits per heavy atom. The van der Waals surface area contributed by atoms with E-state index in [1.165, 1.54) is 0 Å². The first kappa shape index (κ1) is 19.0. The van der Waals surface area contributed by atoms with E-state index in [4.69, 9.17) is 9.15 Å². The van der Waals surface area contributed by atoms with E-state index < -0.39 is 0 Å². The Labute approximate surface area is 173 Å². The average Bonchev–Trinajstić information content (AvgIpc) is 3.34. The molecule has 0 radical (unpaired) electrons. The second-order valence-corrected chi connectivity index (χ2v) is 7.23. The smallest absolute Gasteiger partial charge is 0.192 e. The normalized spacial score (nSPS) is 10.8.